The fourth-order valence-corrected chi connectivity index (χ4v) is 1.37. The number of nitrogen functional groups attached to an aromatic ring is 1. The van der Waals surface area contributed by atoms with Crippen LogP contribution in [0.15, 0.2) is 12.1 Å². The number of halogens is 3. The van der Waals surface area contributed by atoms with Crippen LogP contribution in [0.2, 0.25) is 0 Å². The zero-order chi connectivity index (χ0) is 13.4. The fraction of sp³-hybridized carbons (Fsp3) is 0.222. The number of hydrogen-bond acceptors (Lipinski definition) is 4. The van der Waals surface area contributed by atoms with E-state index < -0.39 is 33.8 Å². The Labute approximate surface area is 93.2 Å². The molecule has 5 nitrogen and oxygen atoms in total. The minimum Gasteiger partial charge on any atom is -0.397 e. The molecule has 0 fully saturated rings. The van der Waals surface area contributed by atoms with Gasteiger partial charge in [0, 0.05) is 11.6 Å². The largest absolute Gasteiger partial charge is 0.425 e. The number of carbonyl (C=O) groups is 1. The molecule has 0 saturated carbocycles. The third-order valence-electron chi connectivity index (χ3n) is 2.08. The van der Waals surface area contributed by atoms with Crippen LogP contribution in [-0.2, 0) is 6.18 Å². The van der Waals surface area contributed by atoms with Gasteiger partial charge in [-0.15, -0.1) is 0 Å². The standard InChI is InChI=1S/C9H7F3N2O3/c1-4(15)5-2-3-6(14(16)17)7(8(5)13)9(10,11)12/h2-3H,13H2,1H3. The lowest BCUT2D eigenvalue weighted by atomic mass is 10.0. The second kappa shape index (κ2) is 4.04. The van der Waals surface area contributed by atoms with Crippen molar-refractivity contribution in [2.75, 3.05) is 5.73 Å². The quantitative estimate of drug-likeness (QED) is 0.377. The van der Waals surface area contributed by atoms with Gasteiger partial charge >= 0.3 is 6.18 Å². The van der Waals surface area contributed by atoms with Crippen molar-refractivity contribution < 1.29 is 22.9 Å². The third kappa shape index (κ3) is 2.35. The summed E-state index contributed by atoms with van der Waals surface area (Å²) in [5.74, 6) is -0.692. The van der Waals surface area contributed by atoms with Crippen LogP contribution in [0, 0.1) is 10.1 Å². The summed E-state index contributed by atoms with van der Waals surface area (Å²) in [5.41, 5.74) is 1.11. The first-order valence-electron chi connectivity index (χ1n) is 4.31. The van der Waals surface area contributed by atoms with Crippen molar-refractivity contribution in [2.45, 2.75) is 13.1 Å². The number of alkyl halides is 3. The first kappa shape index (κ1) is 12.9. The Hall–Kier alpha value is -2.12. The molecule has 2 N–H and O–H groups in total. The predicted molar refractivity (Wildman–Crippen MR) is 52.5 cm³/mol. The molecule has 0 heterocycles. The minimum atomic E-state index is -4.99. The molecule has 92 valence electrons. The van der Waals surface area contributed by atoms with Gasteiger partial charge in [-0.25, -0.2) is 0 Å². The molecule has 1 aromatic carbocycles. The van der Waals surface area contributed by atoms with Gasteiger partial charge in [0.05, 0.1) is 10.6 Å². The predicted octanol–water partition coefficient (Wildman–Crippen LogP) is 2.40. The van der Waals surface area contributed by atoms with Crippen LogP contribution < -0.4 is 5.73 Å². The fourth-order valence-electron chi connectivity index (χ4n) is 1.37. The third-order valence-corrected chi connectivity index (χ3v) is 2.08. The van der Waals surface area contributed by atoms with E-state index in [0.29, 0.717) is 6.07 Å². The molecule has 8 heteroatoms. The van der Waals surface area contributed by atoms with Gasteiger partial charge in [-0.05, 0) is 13.0 Å². The van der Waals surface area contributed by atoms with E-state index in [0.717, 1.165) is 13.0 Å². The number of hydrogen-bond donors (Lipinski definition) is 1. The topological polar surface area (TPSA) is 86.2 Å². The van der Waals surface area contributed by atoms with E-state index >= 15 is 0 Å². The summed E-state index contributed by atoms with van der Waals surface area (Å²) in [6.45, 7) is 1.03. The van der Waals surface area contributed by atoms with E-state index in [1.54, 1.807) is 0 Å². The molecule has 0 saturated heterocycles. The van der Waals surface area contributed by atoms with Crippen molar-refractivity contribution in [1.82, 2.24) is 0 Å². The van der Waals surface area contributed by atoms with Crippen LogP contribution in [-0.4, -0.2) is 10.7 Å². The lowest BCUT2D eigenvalue weighted by Gasteiger charge is -2.12. The molecule has 0 aromatic heterocycles. The number of anilines is 1. The number of Topliss-reactive ketones (excluding diaryl/α,β-unsaturated/α-hetero) is 1. The molecule has 0 aliphatic carbocycles. The Morgan fingerprint density at radius 1 is 1.41 bits per heavy atom. The van der Waals surface area contributed by atoms with Gasteiger partial charge in [0.25, 0.3) is 5.69 Å². The number of nitro benzene ring substituents is 1. The highest BCUT2D eigenvalue weighted by Crippen LogP contribution is 2.41. The van der Waals surface area contributed by atoms with Crippen molar-refractivity contribution in [3.05, 3.63) is 33.4 Å². The monoisotopic (exact) mass is 248 g/mol. The molecule has 0 spiro atoms. The van der Waals surface area contributed by atoms with Crippen molar-refractivity contribution in [2.24, 2.45) is 0 Å². The summed E-state index contributed by atoms with van der Waals surface area (Å²) in [6, 6.07) is 1.53. The second-order valence-electron chi connectivity index (χ2n) is 3.23. The lowest BCUT2D eigenvalue weighted by molar-refractivity contribution is -0.387. The Balaban J connectivity index is 3.65. The zero-order valence-electron chi connectivity index (χ0n) is 8.54. The first-order valence-corrected chi connectivity index (χ1v) is 4.31. The SMILES string of the molecule is CC(=O)c1ccc([N+](=O)[O-])c(C(F)(F)F)c1N. The van der Waals surface area contributed by atoms with E-state index in [4.69, 9.17) is 5.73 Å². The molecule has 0 atom stereocenters. The van der Waals surface area contributed by atoms with Crippen molar-refractivity contribution in [3.63, 3.8) is 0 Å². The van der Waals surface area contributed by atoms with Gasteiger partial charge in [0.15, 0.2) is 11.3 Å². The summed E-state index contributed by atoms with van der Waals surface area (Å²) in [7, 11) is 0. The van der Waals surface area contributed by atoms with E-state index in [1.165, 1.54) is 0 Å². The Kier molecular flexibility index (Phi) is 3.08. The normalized spacial score (nSPS) is 11.3. The molecule has 1 aromatic rings. The van der Waals surface area contributed by atoms with Crippen LogP contribution in [0.25, 0.3) is 0 Å². The molecule has 0 amide bonds. The van der Waals surface area contributed by atoms with Crippen molar-refractivity contribution in [3.8, 4) is 0 Å². The van der Waals surface area contributed by atoms with Crippen LogP contribution >= 0.6 is 0 Å². The number of benzene rings is 1. The van der Waals surface area contributed by atoms with Crippen molar-refractivity contribution in [1.29, 1.82) is 0 Å². The zero-order valence-corrected chi connectivity index (χ0v) is 8.54. The molecule has 0 radical (unpaired) electrons. The summed E-state index contributed by atoms with van der Waals surface area (Å²) >= 11 is 0. The highest BCUT2D eigenvalue weighted by Gasteiger charge is 2.41. The lowest BCUT2D eigenvalue weighted by Crippen LogP contribution is -2.15. The van der Waals surface area contributed by atoms with Gasteiger partial charge in [-0.2, -0.15) is 13.2 Å². The number of carbonyl (C=O) groups excluding carboxylic acids is 1. The molecule has 0 bridgehead atoms. The number of nitro groups is 1. The second-order valence-corrected chi connectivity index (χ2v) is 3.23. The Bertz CT molecular complexity index is 497. The summed E-state index contributed by atoms with van der Waals surface area (Å²) < 4.78 is 37.9. The maximum Gasteiger partial charge on any atom is 0.425 e. The maximum absolute atomic E-state index is 12.6. The number of nitrogens with zero attached hydrogens (tertiary/aromatic N) is 1. The number of rotatable bonds is 2. The molecule has 0 aliphatic heterocycles. The highest BCUT2D eigenvalue weighted by atomic mass is 19.4. The van der Waals surface area contributed by atoms with E-state index in [9.17, 15) is 28.1 Å². The molecular formula is C9H7F3N2O3. The first-order chi connectivity index (χ1) is 7.66. The average molecular weight is 248 g/mol. The smallest absolute Gasteiger partial charge is 0.397 e. The van der Waals surface area contributed by atoms with Crippen LogP contribution in [0.5, 0.6) is 0 Å². The van der Waals surface area contributed by atoms with Crippen LogP contribution in [0.4, 0.5) is 24.5 Å². The van der Waals surface area contributed by atoms with Gasteiger partial charge in [-0.3, -0.25) is 14.9 Å². The van der Waals surface area contributed by atoms with Crippen molar-refractivity contribution >= 4 is 17.2 Å². The summed E-state index contributed by atoms with van der Waals surface area (Å²) in [4.78, 5) is 20.3. The van der Waals surface area contributed by atoms with Crippen LogP contribution in [0.1, 0.15) is 22.8 Å². The number of nitrogens with two attached hydrogens (primary N) is 1. The molecular weight excluding hydrogens is 241 g/mol. The van der Waals surface area contributed by atoms with E-state index in [1.807, 2.05) is 0 Å². The number of ketones is 1. The van der Waals surface area contributed by atoms with Gasteiger partial charge < -0.3 is 5.73 Å². The van der Waals surface area contributed by atoms with Gasteiger partial charge in [-0.1, -0.05) is 0 Å². The molecule has 0 unspecified atom stereocenters. The van der Waals surface area contributed by atoms with Crippen LogP contribution in [0.3, 0.4) is 0 Å². The van der Waals surface area contributed by atoms with E-state index in [2.05, 4.69) is 0 Å². The molecule has 1 rings (SSSR count). The maximum atomic E-state index is 12.6. The summed E-state index contributed by atoms with van der Waals surface area (Å²) in [5, 5.41) is 10.5. The summed E-state index contributed by atoms with van der Waals surface area (Å²) in [6.07, 6.45) is -4.99. The minimum absolute atomic E-state index is 0.386. The highest BCUT2D eigenvalue weighted by molar-refractivity contribution is 6.00. The molecule has 17 heavy (non-hydrogen) atoms. The van der Waals surface area contributed by atoms with E-state index in [-0.39, 0.29) is 5.56 Å². The Morgan fingerprint density at radius 3 is 2.29 bits per heavy atom. The Morgan fingerprint density at radius 2 is 1.94 bits per heavy atom. The van der Waals surface area contributed by atoms with Gasteiger partial charge in [0.2, 0.25) is 0 Å². The average Bonchev–Trinajstić information content (AvgIpc) is 2.14. The molecule has 0 aliphatic rings. The van der Waals surface area contributed by atoms with Gasteiger partial charge in [0.1, 0.15) is 0 Å².